The molecule has 0 spiro atoms. The fourth-order valence-electron chi connectivity index (χ4n) is 0.169. The van der Waals surface area contributed by atoms with Crippen LogP contribution in [0.1, 0.15) is 13.3 Å². The van der Waals surface area contributed by atoms with Crippen LogP contribution in [0.4, 0.5) is 0 Å². The standard InChI is InChI=1S/C3H7O.ClH.H2O.O.Sb/c1-2-3-4;;;;/h2-3H2,1H3;1H;1H2;;/q-1;;;;+2/p-1. The first kappa shape index (κ1) is 11.6. The number of halogens is 1. The monoisotopic (exact) mass is 249 g/mol. The molecule has 1 radical (unpaired) electrons. The van der Waals surface area contributed by atoms with E-state index in [0.717, 1.165) is 6.42 Å². The molecule has 1 N–H and O–H groups in total. The first-order chi connectivity index (χ1) is 3.27. The van der Waals surface area contributed by atoms with Crippen molar-refractivity contribution in [1.29, 1.82) is 0 Å². The van der Waals surface area contributed by atoms with Crippen LogP contribution in [0.2, 0.25) is 0 Å². The summed E-state index contributed by atoms with van der Waals surface area (Å²) in [4.78, 5) is 0. The molecule has 5 heteroatoms. The van der Waals surface area contributed by atoms with Crippen molar-refractivity contribution < 1.29 is 9.42 Å². The van der Waals surface area contributed by atoms with Gasteiger partial charge in [-0.05, 0) is 0 Å². The van der Waals surface area contributed by atoms with Crippen LogP contribution in [0.5, 0.6) is 0 Å². The molecule has 0 atom stereocenters. The van der Waals surface area contributed by atoms with Crippen LogP contribution in [0.25, 0.3) is 0 Å². The van der Waals surface area contributed by atoms with Crippen molar-refractivity contribution in [3.8, 4) is 0 Å². The van der Waals surface area contributed by atoms with Gasteiger partial charge in [-0.2, -0.15) is 0 Å². The van der Waals surface area contributed by atoms with Crippen molar-refractivity contribution in [2.45, 2.75) is 13.3 Å². The molecule has 0 aromatic carbocycles. The molecule has 0 aromatic heterocycles. The van der Waals surface area contributed by atoms with E-state index < -0.39 is 21.0 Å². The van der Waals surface area contributed by atoms with Gasteiger partial charge in [0.15, 0.2) is 0 Å². The summed E-state index contributed by atoms with van der Waals surface area (Å²) in [5, 5.41) is 0. The van der Waals surface area contributed by atoms with Gasteiger partial charge in [0.2, 0.25) is 0 Å². The maximum Gasteiger partial charge on any atom is -0.147 e. The quantitative estimate of drug-likeness (QED) is 0.730. The first-order valence-corrected chi connectivity index (χ1v) is 5.29. The molecule has 0 saturated carbocycles. The zero-order valence-corrected chi connectivity index (χ0v) is 7.90. The number of hydrogen-bond donors (Lipinski definition) is 1. The minimum absolute atomic E-state index is 0. The van der Waals surface area contributed by atoms with Gasteiger partial charge in [0.05, 0.1) is 0 Å². The normalized spacial score (nSPS) is 7.75. The molecule has 0 bridgehead atoms. The van der Waals surface area contributed by atoms with Crippen LogP contribution in [-0.4, -0.2) is 31.0 Å². The third-order valence-corrected chi connectivity index (χ3v) is 1.56. The number of rotatable bonds is 3. The summed E-state index contributed by atoms with van der Waals surface area (Å²) < 4.78 is 22.3. The van der Waals surface area contributed by atoms with Crippen molar-refractivity contribution in [3.63, 3.8) is 0 Å². The molecule has 0 aromatic rings. The Balaban J connectivity index is 0. The summed E-state index contributed by atoms with van der Waals surface area (Å²) >= 11 is -3.29. The second-order valence-corrected chi connectivity index (χ2v) is 3.17. The fraction of sp³-hybridized carbons (Fsp3) is 1.00. The molecule has 0 aliphatic rings. The largest absolute Gasteiger partial charge is 0.147 e. The fourth-order valence-corrected chi connectivity index (χ4v) is 1.14. The topological polar surface area (TPSA) is 46.5 Å². The third-order valence-electron chi connectivity index (χ3n) is 0.406. The molecule has 0 amide bonds. The van der Waals surface area contributed by atoms with Gasteiger partial charge in [0.1, 0.15) is 0 Å². The van der Waals surface area contributed by atoms with Gasteiger partial charge in [0, 0.05) is 0 Å². The van der Waals surface area contributed by atoms with E-state index in [1.165, 1.54) is 0 Å². The van der Waals surface area contributed by atoms with Crippen molar-refractivity contribution in [1.82, 2.24) is 0 Å². The molecule has 0 heterocycles. The van der Waals surface area contributed by atoms with E-state index in [4.69, 9.17) is 3.39 Å². The van der Waals surface area contributed by atoms with Gasteiger partial charge in [-0.25, -0.2) is 0 Å². The van der Waals surface area contributed by atoms with E-state index >= 15 is 0 Å². The first-order valence-electron chi connectivity index (χ1n) is 2.06. The predicted octanol–water partition coefficient (Wildman–Crippen LogP) is 0.242. The Morgan fingerprint density at radius 2 is 2.25 bits per heavy atom. The predicted molar refractivity (Wildman–Crippen MR) is 32.2 cm³/mol. The third kappa shape index (κ3) is 9.95. The molecule has 0 aliphatic heterocycles. The Morgan fingerprint density at radius 1 is 1.75 bits per heavy atom. The average Bonchev–Trinajstić information content (AvgIpc) is 1.61. The Labute approximate surface area is 62.9 Å². The van der Waals surface area contributed by atoms with Gasteiger partial charge >= 0.3 is 50.4 Å². The van der Waals surface area contributed by atoms with Crippen molar-refractivity contribution >= 4 is 33.4 Å². The minimum atomic E-state index is -3.29. The van der Waals surface area contributed by atoms with Crippen LogP contribution in [-0.2, 0) is 6.03 Å². The van der Waals surface area contributed by atoms with Gasteiger partial charge < -0.3 is 0 Å². The summed E-state index contributed by atoms with van der Waals surface area (Å²) in [6, 6.07) is 0. The van der Waals surface area contributed by atoms with E-state index in [0.29, 0.717) is 6.61 Å². The second kappa shape index (κ2) is 7.83. The maximum absolute atomic E-state index is 9.80. The second-order valence-electron chi connectivity index (χ2n) is 1.07. The van der Waals surface area contributed by atoms with Crippen LogP contribution in [0, 0.1) is 0 Å². The van der Waals surface area contributed by atoms with E-state index in [9.17, 15) is 3.02 Å². The summed E-state index contributed by atoms with van der Waals surface area (Å²) in [6.07, 6.45) is 0.809. The smallest absolute Gasteiger partial charge is 0.147 e. The minimum Gasteiger partial charge on any atom is -0.147 e. The Hall–Kier alpha value is 0.828. The number of hydrogen-bond acceptors (Lipinski definition) is 2. The van der Waals surface area contributed by atoms with Gasteiger partial charge in [0.25, 0.3) is 0 Å². The van der Waals surface area contributed by atoms with Gasteiger partial charge in [-0.1, -0.05) is 0 Å². The maximum atomic E-state index is 9.80. The van der Waals surface area contributed by atoms with Crippen LogP contribution >= 0.6 is 12.4 Å². The van der Waals surface area contributed by atoms with E-state index in [-0.39, 0.29) is 12.4 Å². The van der Waals surface area contributed by atoms with Crippen LogP contribution < -0.4 is 0 Å². The molecular formula is C3H9ClO3Sb. The van der Waals surface area contributed by atoms with E-state index in [1.807, 2.05) is 6.92 Å². The van der Waals surface area contributed by atoms with Gasteiger partial charge in [-0.3, -0.25) is 0 Å². The molecule has 0 unspecified atom stereocenters. The molecule has 8 heavy (non-hydrogen) atoms. The zero-order valence-electron chi connectivity index (χ0n) is 4.53. The zero-order chi connectivity index (χ0) is 5.70. The van der Waals surface area contributed by atoms with Crippen molar-refractivity contribution in [2.24, 2.45) is 0 Å². The Morgan fingerprint density at radius 3 is 2.38 bits per heavy atom. The molecule has 0 aliphatic carbocycles. The molecular weight excluding hydrogens is 241 g/mol. The van der Waals surface area contributed by atoms with Crippen molar-refractivity contribution in [3.05, 3.63) is 0 Å². The Bertz CT molecular complexity index is 67.5. The summed E-state index contributed by atoms with van der Waals surface area (Å²) in [5.41, 5.74) is 0. The van der Waals surface area contributed by atoms with E-state index in [1.54, 1.807) is 0 Å². The molecule has 0 fully saturated rings. The van der Waals surface area contributed by atoms with Gasteiger partial charge in [-0.15, -0.1) is 12.4 Å². The van der Waals surface area contributed by atoms with E-state index in [2.05, 4.69) is 3.02 Å². The summed E-state index contributed by atoms with van der Waals surface area (Å²) in [7, 11) is 0. The summed E-state index contributed by atoms with van der Waals surface area (Å²) in [5.74, 6) is 0. The summed E-state index contributed by atoms with van der Waals surface area (Å²) in [6.45, 7) is 2.31. The molecule has 0 saturated heterocycles. The van der Waals surface area contributed by atoms with Crippen LogP contribution in [0.15, 0.2) is 0 Å². The average molecular weight is 250 g/mol. The molecule has 3 nitrogen and oxygen atoms in total. The van der Waals surface area contributed by atoms with Crippen LogP contribution in [0.3, 0.4) is 0 Å². The molecule has 51 valence electrons. The van der Waals surface area contributed by atoms with Crippen molar-refractivity contribution in [2.75, 3.05) is 6.61 Å². The molecule has 0 rings (SSSR count). The SMILES string of the molecule is CCC[O][Sb](=[O])[OH].Cl. The Kier molecular flexibility index (Phi) is 11.4.